The summed E-state index contributed by atoms with van der Waals surface area (Å²) in [5, 5.41) is 6.70. The Bertz CT molecular complexity index is 845. The third kappa shape index (κ3) is 3.40. The van der Waals surface area contributed by atoms with Crippen molar-refractivity contribution < 1.29 is 18.8 Å². The molecule has 28 heavy (non-hydrogen) atoms. The van der Waals surface area contributed by atoms with Crippen LogP contribution in [-0.4, -0.2) is 58.7 Å². The Morgan fingerprint density at radius 2 is 2.11 bits per heavy atom. The number of carbonyl (C=O) groups is 2. The maximum Gasteiger partial charge on any atom is 0.259 e. The summed E-state index contributed by atoms with van der Waals surface area (Å²) in [6.45, 7) is 4.35. The standard InChI is InChI=1S/C20H24N4O4/c1-2-17-16(11-23-28-17)19(26)24-12-20(13-24)15(6-10-27-20)5-9-22-18(25)14-3-7-21-8-4-14/h3-4,7-8,11,15H,2,5-6,9-10,12-13H2,1H3,(H,22,25)/t15-/m1/s1. The first-order valence-electron chi connectivity index (χ1n) is 9.68. The van der Waals surface area contributed by atoms with Gasteiger partial charge >= 0.3 is 0 Å². The second-order valence-electron chi connectivity index (χ2n) is 7.36. The topological polar surface area (TPSA) is 97.6 Å². The summed E-state index contributed by atoms with van der Waals surface area (Å²) in [5.74, 6) is 0.792. The van der Waals surface area contributed by atoms with Gasteiger partial charge in [-0.05, 0) is 30.9 Å². The van der Waals surface area contributed by atoms with Gasteiger partial charge < -0.3 is 19.5 Å². The molecule has 0 aliphatic carbocycles. The van der Waals surface area contributed by atoms with Crippen molar-refractivity contribution >= 4 is 11.8 Å². The monoisotopic (exact) mass is 384 g/mol. The molecule has 2 saturated heterocycles. The molecule has 0 radical (unpaired) electrons. The van der Waals surface area contributed by atoms with Gasteiger partial charge in [-0.25, -0.2) is 0 Å². The second kappa shape index (κ2) is 7.71. The van der Waals surface area contributed by atoms with Crippen LogP contribution >= 0.6 is 0 Å². The zero-order valence-corrected chi connectivity index (χ0v) is 15.9. The number of aromatic nitrogens is 2. The number of ether oxygens (including phenoxy) is 1. The van der Waals surface area contributed by atoms with Crippen LogP contribution in [0.4, 0.5) is 0 Å². The highest BCUT2D eigenvalue weighted by atomic mass is 16.5. The van der Waals surface area contributed by atoms with Gasteiger partial charge in [-0.2, -0.15) is 0 Å². The van der Waals surface area contributed by atoms with E-state index in [4.69, 9.17) is 9.26 Å². The van der Waals surface area contributed by atoms with Gasteiger partial charge in [0.2, 0.25) is 0 Å². The van der Waals surface area contributed by atoms with Crippen molar-refractivity contribution in [3.63, 3.8) is 0 Å². The Labute approximate surface area is 163 Å². The maximum absolute atomic E-state index is 12.7. The number of likely N-dealkylation sites (tertiary alicyclic amines) is 1. The lowest BCUT2D eigenvalue weighted by molar-refractivity contribution is -0.117. The lowest BCUT2D eigenvalue weighted by Gasteiger charge is -2.50. The average Bonchev–Trinajstić information content (AvgIpc) is 3.34. The molecule has 2 aromatic heterocycles. The van der Waals surface area contributed by atoms with Crippen LogP contribution in [0.1, 0.15) is 46.2 Å². The minimum absolute atomic E-state index is 0.0519. The number of nitrogens with one attached hydrogen (secondary N) is 1. The largest absolute Gasteiger partial charge is 0.371 e. The van der Waals surface area contributed by atoms with Crippen LogP contribution < -0.4 is 5.32 Å². The Morgan fingerprint density at radius 1 is 1.32 bits per heavy atom. The Morgan fingerprint density at radius 3 is 2.86 bits per heavy atom. The SMILES string of the molecule is CCc1oncc1C(=O)N1CC2(C1)OCC[C@H]2CCNC(=O)c1ccncc1. The van der Waals surface area contributed by atoms with Crippen LogP contribution in [0.25, 0.3) is 0 Å². The Balaban J connectivity index is 1.30. The molecule has 0 aromatic carbocycles. The van der Waals surface area contributed by atoms with Gasteiger partial charge in [0.05, 0.1) is 19.3 Å². The van der Waals surface area contributed by atoms with Crippen molar-refractivity contribution in [2.75, 3.05) is 26.2 Å². The van der Waals surface area contributed by atoms with Gasteiger partial charge in [-0.3, -0.25) is 14.6 Å². The summed E-state index contributed by atoms with van der Waals surface area (Å²) in [7, 11) is 0. The van der Waals surface area contributed by atoms with E-state index in [1.165, 1.54) is 6.20 Å². The van der Waals surface area contributed by atoms with E-state index in [1.807, 2.05) is 6.92 Å². The number of hydrogen-bond donors (Lipinski definition) is 1. The van der Waals surface area contributed by atoms with Gasteiger partial charge in [0.15, 0.2) is 0 Å². The lowest BCUT2D eigenvalue weighted by Crippen LogP contribution is -2.66. The first-order chi connectivity index (χ1) is 13.6. The minimum Gasteiger partial charge on any atom is -0.371 e. The molecule has 2 aliphatic rings. The fraction of sp³-hybridized carbons (Fsp3) is 0.500. The van der Waals surface area contributed by atoms with E-state index in [9.17, 15) is 9.59 Å². The van der Waals surface area contributed by atoms with Crippen molar-refractivity contribution in [1.82, 2.24) is 20.4 Å². The van der Waals surface area contributed by atoms with E-state index in [0.717, 1.165) is 12.8 Å². The molecule has 8 heteroatoms. The predicted molar refractivity (Wildman–Crippen MR) is 99.8 cm³/mol. The van der Waals surface area contributed by atoms with Crippen molar-refractivity contribution in [3.05, 3.63) is 47.6 Å². The van der Waals surface area contributed by atoms with Crippen molar-refractivity contribution in [2.45, 2.75) is 31.8 Å². The minimum atomic E-state index is -0.291. The first-order valence-corrected chi connectivity index (χ1v) is 9.68. The summed E-state index contributed by atoms with van der Waals surface area (Å²) >= 11 is 0. The quantitative estimate of drug-likeness (QED) is 0.814. The van der Waals surface area contributed by atoms with Crippen LogP contribution in [0.15, 0.2) is 35.2 Å². The highest BCUT2D eigenvalue weighted by Gasteiger charge is 2.54. The lowest BCUT2D eigenvalue weighted by atomic mass is 9.78. The maximum atomic E-state index is 12.7. The molecule has 0 bridgehead atoms. The molecule has 4 heterocycles. The third-order valence-corrected chi connectivity index (χ3v) is 5.72. The fourth-order valence-corrected chi connectivity index (χ4v) is 4.11. The number of amides is 2. The van der Waals surface area contributed by atoms with Crippen LogP contribution in [0, 0.1) is 5.92 Å². The smallest absolute Gasteiger partial charge is 0.259 e. The Hall–Kier alpha value is -2.74. The molecule has 1 N–H and O–H groups in total. The van der Waals surface area contributed by atoms with Crippen LogP contribution in [0.5, 0.6) is 0 Å². The third-order valence-electron chi connectivity index (χ3n) is 5.72. The van der Waals surface area contributed by atoms with Gasteiger partial charge in [0.25, 0.3) is 11.8 Å². The Kier molecular flexibility index (Phi) is 5.13. The van der Waals surface area contributed by atoms with E-state index in [0.29, 0.717) is 55.5 Å². The first kappa shape index (κ1) is 18.6. The zero-order chi connectivity index (χ0) is 19.6. The normalized spacial score (nSPS) is 20.2. The van der Waals surface area contributed by atoms with E-state index >= 15 is 0 Å². The molecular formula is C20H24N4O4. The summed E-state index contributed by atoms with van der Waals surface area (Å²) in [4.78, 5) is 30.6. The molecule has 2 aromatic rings. The van der Waals surface area contributed by atoms with Gasteiger partial charge in [-0.1, -0.05) is 12.1 Å². The average molecular weight is 384 g/mol. The molecule has 1 atom stereocenters. The molecule has 0 saturated carbocycles. The molecular weight excluding hydrogens is 360 g/mol. The van der Waals surface area contributed by atoms with E-state index in [1.54, 1.807) is 29.4 Å². The van der Waals surface area contributed by atoms with Gasteiger partial charge in [-0.15, -0.1) is 0 Å². The number of aryl methyl sites for hydroxylation is 1. The molecule has 1 spiro atoms. The summed E-state index contributed by atoms with van der Waals surface area (Å²) < 4.78 is 11.2. The molecule has 4 rings (SSSR count). The van der Waals surface area contributed by atoms with Crippen LogP contribution in [-0.2, 0) is 11.2 Å². The molecule has 8 nitrogen and oxygen atoms in total. The predicted octanol–water partition coefficient (Wildman–Crippen LogP) is 1.68. The number of rotatable bonds is 6. The number of pyridine rings is 1. The van der Waals surface area contributed by atoms with Crippen LogP contribution in [0.2, 0.25) is 0 Å². The number of hydrogen-bond acceptors (Lipinski definition) is 6. The fourth-order valence-electron chi connectivity index (χ4n) is 4.11. The zero-order valence-electron chi connectivity index (χ0n) is 15.9. The molecule has 0 unspecified atom stereocenters. The summed E-state index contributed by atoms with van der Waals surface area (Å²) in [6, 6.07) is 3.39. The van der Waals surface area contributed by atoms with Crippen LogP contribution in [0.3, 0.4) is 0 Å². The highest BCUT2D eigenvalue weighted by molar-refractivity contribution is 5.95. The second-order valence-corrected chi connectivity index (χ2v) is 7.36. The van der Waals surface area contributed by atoms with Gasteiger partial charge in [0.1, 0.15) is 16.9 Å². The van der Waals surface area contributed by atoms with Crippen molar-refractivity contribution in [1.29, 1.82) is 0 Å². The van der Waals surface area contributed by atoms with E-state index < -0.39 is 0 Å². The van der Waals surface area contributed by atoms with Gasteiger partial charge in [0, 0.05) is 37.5 Å². The van der Waals surface area contributed by atoms with E-state index in [-0.39, 0.29) is 17.4 Å². The summed E-state index contributed by atoms with van der Waals surface area (Å²) in [6.07, 6.45) is 7.11. The van der Waals surface area contributed by atoms with Crippen molar-refractivity contribution in [3.8, 4) is 0 Å². The molecule has 2 aliphatic heterocycles. The molecule has 2 fully saturated rings. The van der Waals surface area contributed by atoms with Crippen molar-refractivity contribution in [2.24, 2.45) is 5.92 Å². The molecule has 148 valence electrons. The number of nitrogens with zero attached hydrogens (tertiary/aromatic N) is 3. The summed E-state index contributed by atoms with van der Waals surface area (Å²) in [5.41, 5.74) is 0.852. The van der Waals surface area contributed by atoms with E-state index in [2.05, 4.69) is 15.5 Å². The molecule has 2 amide bonds. The number of carbonyl (C=O) groups excluding carboxylic acids is 2. The highest BCUT2D eigenvalue weighted by Crippen LogP contribution is 2.42.